The number of benzene rings is 1. The number of rotatable bonds is 3. The van der Waals surface area contributed by atoms with Crippen molar-refractivity contribution in [3.05, 3.63) is 40.5 Å². The predicted molar refractivity (Wildman–Crippen MR) is 62.4 cm³/mol. The summed E-state index contributed by atoms with van der Waals surface area (Å²) in [7, 11) is 0. The molecule has 64 valence electrons. The van der Waals surface area contributed by atoms with Crippen molar-refractivity contribution in [2.45, 2.75) is 13.0 Å². The second-order valence-electron chi connectivity index (χ2n) is 2.65. The van der Waals surface area contributed by atoms with Crippen LogP contribution in [0.4, 0.5) is 5.69 Å². The molecule has 0 heterocycles. The third kappa shape index (κ3) is 2.52. The molecule has 1 aromatic rings. The van der Waals surface area contributed by atoms with Crippen LogP contribution in [0.2, 0.25) is 0 Å². The van der Waals surface area contributed by atoms with E-state index in [9.17, 15) is 0 Å². The third-order valence-corrected chi connectivity index (χ3v) is 2.55. The molecule has 0 radical (unpaired) electrons. The van der Waals surface area contributed by atoms with Gasteiger partial charge in [-0.2, -0.15) is 0 Å². The van der Waals surface area contributed by atoms with Gasteiger partial charge in [-0.05, 0) is 41.6 Å². The van der Waals surface area contributed by atoms with E-state index in [0.717, 1.165) is 0 Å². The van der Waals surface area contributed by atoms with Crippen LogP contribution in [0.15, 0.2) is 36.9 Å². The molecular formula is C10H12IN. The highest BCUT2D eigenvalue weighted by Gasteiger charge is 1.99. The fraction of sp³-hybridized carbons (Fsp3) is 0.200. The Kier molecular flexibility index (Phi) is 3.59. The summed E-state index contributed by atoms with van der Waals surface area (Å²) >= 11 is 2.31. The highest BCUT2D eigenvalue weighted by atomic mass is 127. The van der Waals surface area contributed by atoms with Gasteiger partial charge in [0.15, 0.2) is 0 Å². The maximum absolute atomic E-state index is 3.72. The fourth-order valence-electron chi connectivity index (χ4n) is 0.882. The first-order chi connectivity index (χ1) is 5.74. The zero-order valence-electron chi connectivity index (χ0n) is 7.05. The van der Waals surface area contributed by atoms with Gasteiger partial charge in [0.25, 0.3) is 0 Å². The SMILES string of the molecule is C=C[C@@H](C)Nc1ccccc1I. The molecule has 0 bridgehead atoms. The third-order valence-electron chi connectivity index (χ3n) is 1.61. The van der Waals surface area contributed by atoms with Crippen LogP contribution in [0.25, 0.3) is 0 Å². The average Bonchev–Trinajstić information content (AvgIpc) is 2.09. The molecule has 0 aliphatic rings. The quantitative estimate of drug-likeness (QED) is 0.658. The summed E-state index contributed by atoms with van der Waals surface area (Å²) in [5, 5.41) is 3.33. The first-order valence-corrected chi connectivity index (χ1v) is 4.95. The normalized spacial score (nSPS) is 12.2. The summed E-state index contributed by atoms with van der Waals surface area (Å²) in [5.74, 6) is 0. The smallest absolute Gasteiger partial charge is 0.0480 e. The Bertz CT molecular complexity index is 270. The highest BCUT2D eigenvalue weighted by Crippen LogP contribution is 2.17. The molecule has 0 unspecified atom stereocenters. The van der Waals surface area contributed by atoms with Crippen LogP contribution in [-0.2, 0) is 0 Å². The summed E-state index contributed by atoms with van der Waals surface area (Å²) in [6.45, 7) is 5.80. The van der Waals surface area contributed by atoms with Crippen molar-refractivity contribution in [1.82, 2.24) is 0 Å². The first-order valence-electron chi connectivity index (χ1n) is 3.87. The molecule has 1 N–H and O–H groups in total. The molecule has 0 saturated heterocycles. The summed E-state index contributed by atoms with van der Waals surface area (Å²) in [5.41, 5.74) is 1.17. The van der Waals surface area contributed by atoms with Gasteiger partial charge in [-0.1, -0.05) is 18.2 Å². The highest BCUT2D eigenvalue weighted by molar-refractivity contribution is 14.1. The molecule has 0 amide bonds. The van der Waals surface area contributed by atoms with Crippen molar-refractivity contribution in [3.8, 4) is 0 Å². The fourth-order valence-corrected chi connectivity index (χ4v) is 1.43. The van der Waals surface area contributed by atoms with Gasteiger partial charge in [-0.15, -0.1) is 6.58 Å². The lowest BCUT2D eigenvalue weighted by Crippen LogP contribution is -2.11. The van der Waals surface area contributed by atoms with Crippen molar-refractivity contribution in [2.75, 3.05) is 5.32 Å². The summed E-state index contributed by atoms with van der Waals surface area (Å²) in [6.07, 6.45) is 1.89. The van der Waals surface area contributed by atoms with Crippen LogP contribution in [-0.4, -0.2) is 6.04 Å². The van der Waals surface area contributed by atoms with Crippen LogP contribution in [0.5, 0.6) is 0 Å². The van der Waals surface area contributed by atoms with E-state index in [-0.39, 0.29) is 0 Å². The minimum Gasteiger partial charge on any atom is -0.378 e. The van der Waals surface area contributed by atoms with Crippen LogP contribution in [0.1, 0.15) is 6.92 Å². The summed E-state index contributed by atoms with van der Waals surface area (Å²) < 4.78 is 1.24. The van der Waals surface area contributed by atoms with Crippen molar-refractivity contribution in [3.63, 3.8) is 0 Å². The molecule has 0 fully saturated rings. The lowest BCUT2D eigenvalue weighted by molar-refractivity contribution is 0.999. The molecule has 12 heavy (non-hydrogen) atoms. The van der Waals surface area contributed by atoms with Gasteiger partial charge in [0.2, 0.25) is 0 Å². The first kappa shape index (κ1) is 9.58. The topological polar surface area (TPSA) is 12.0 Å². The number of hydrogen-bond donors (Lipinski definition) is 1. The Morgan fingerprint density at radius 3 is 2.75 bits per heavy atom. The van der Waals surface area contributed by atoms with Gasteiger partial charge < -0.3 is 5.32 Å². The molecule has 1 rings (SSSR count). The zero-order valence-corrected chi connectivity index (χ0v) is 9.21. The summed E-state index contributed by atoms with van der Waals surface area (Å²) in [4.78, 5) is 0. The van der Waals surface area contributed by atoms with Crippen LogP contribution in [0, 0.1) is 3.57 Å². The van der Waals surface area contributed by atoms with E-state index >= 15 is 0 Å². The van der Waals surface area contributed by atoms with Crippen molar-refractivity contribution >= 4 is 28.3 Å². The minimum absolute atomic E-state index is 0.320. The van der Waals surface area contributed by atoms with Gasteiger partial charge in [0.1, 0.15) is 0 Å². The van der Waals surface area contributed by atoms with Gasteiger partial charge in [-0.3, -0.25) is 0 Å². The van der Waals surface area contributed by atoms with Gasteiger partial charge in [0, 0.05) is 15.3 Å². The molecule has 0 aliphatic heterocycles. The van der Waals surface area contributed by atoms with Crippen molar-refractivity contribution in [1.29, 1.82) is 0 Å². The monoisotopic (exact) mass is 273 g/mol. The van der Waals surface area contributed by atoms with Crippen molar-refractivity contribution in [2.24, 2.45) is 0 Å². The standard InChI is InChI=1S/C10H12IN/c1-3-8(2)12-10-7-5-4-6-9(10)11/h3-8,12H,1H2,2H3/t8-/m1/s1. The second kappa shape index (κ2) is 4.50. The Morgan fingerprint density at radius 1 is 1.50 bits per heavy atom. The number of hydrogen-bond acceptors (Lipinski definition) is 1. The van der Waals surface area contributed by atoms with Gasteiger partial charge >= 0.3 is 0 Å². The zero-order chi connectivity index (χ0) is 8.97. The molecule has 2 heteroatoms. The molecule has 0 spiro atoms. The van der Waals surface area contributed by atoms with E-state index in [1.54, 1.807) is 0 Å². The Balaban J connectivity index is 2.75. The lowest BCUT2D eigenvalue weighted by atomic mass is 10.2. The number of halogens is 1. The van der Waals surface area contributed by atoms with Gasteiger partial charge in [0.05, 0.1) is 0 Å². The largest absolute Gasteiger partial charge is 0.378 e. The van der Waals surface area contributed by atoms with Crippen molar-refractivity contribution < 1.29 is 0 Å². The Morgan fingerprint density at radius 2 is 2.17 bits per heavy atom. The minimum atomic E-state index is 0.320. The number of para-hydroxylation sites is 1. The van der Waals surface area contributed by atoms with Crippen LogP contribution < -0.4 is 5.32 Å². The summed E-state index contributed by atoms with van der Waals surface area (Å²) in [6, 6.07) is 8.53. The molecule has 1 nitrogen and oxygen atoms in total. The van der Waals surface area contributed by atoms with E-state index in [1.807, 2.05) is 18.2 Å². The molecule has 1 atom stereocenters. The molecular weight excluding hydrogens is 261 g/mol. The number of anilines is 1. The van der Waals surface area contributed by atoms with E-state index in [1.165, 1.54) is 9.26 Å². The lowest BCUT2D eigenvalue weighted by Gasteiger charge is -2.11. The molecule has 1 aromatic carbocycles. The molecule has 0 aliphatic carbocycles. The predicted octanol–water partition coefficient (Wildman–Crippen LogP) is 3.28. The second-order valence-corrected chi connectivity index (χ2v) is 3.81. The maximum Gasteiger partial charge on any atom is 0.0480 e. The molecule has 0 aromatic heterocycles. The maximum atomic E-state index is 3.72. The van der Waals surface area contributed by atoms with E-state index in [0.29, 0.717) is 6.04 Å². The molecule has 0 saturated carbocycles. The van der Waals surface area contributed by atoms with E-state index < -0.39 is 0 Å². The van der Waals surface area contributed by atoms with Crippen LogP contribution >= 0.6 is 22.6 Å². The van der Waals surface area contributed by atoms with Gasteiger partial charge in [-0.25, -0.2) is 0 Å². The van der Waals surface area contributed by atoms with E-state index in [4.69, 9.17) is 0 Å². The number of nitrogens with one attached hydrogen (secondary N) is 1. The van der Waals surface area contributed by atoms with Crippen LogP contribution in [0.3, 0.4) is 0 Å². The van der Waals surface area contributed by atoms with E-state index in [2.05, 4.69) is 53.5 Å². The Labute approximate surface area is 87.0 Å². The Hall–Kier alpha value is -0.510. The average molecular weight is 273 g/mol.